The summed E-state index contributed by atoms with van der Waals surface area (Å²) in [4.78, 5) is 28.1. The average molecular weight is 430 g/mol. The summed E-state index contributed by atoms with van der Waals surface area (Å²) in [6.07, 6.45) is 1.34. The molecule has 160 valence electrons. The van der Waals surface area contributed by atoms with E-state index >= 15 is 0 Å². The molecule has 0 radical (unpaired) electrons. The van der Waals surface area contributed by atoms with Crippen LogP contribution in [0.4, 0.5) is 4.39 Å². The average Bonchev–Trinajstić information content (AvgIpc) is 2.76. The Balaban J connectivity index is 1.55. The molecule has 0 spiro atoms. The molecule has 0 fully saturated rings. The molecular formula is C25H19FN2O4. The molecule has 0 aliphatic heterocycles. The van der Waals surface area contributed by atoms with Gasteiger partial charge >= 0.3 is 5.97 Å². The number of fused-ring (bicyclic) bond motifs is 1. The van der Waals surface area contributed by atoms with Crippen LogP contribution in [-0.4, -0.2) is 16.9 Å². The van der Waals surface area contributed by atoms with Gasteiger partial charge < -0.3 is 15.2 Å². The van der Waals surface area contributed by atoms with Gasteiger partial charge in [0, 0.05) is 23.2 Å². The Hall–Kier alpha value is -4.26. The summed E-state index contributed by atoms with van der Waals surface area (Å²) in [5.74, 6) is -0.702. The molecule has 4 aromatic rings. The van der Waals surface area contributed by atoms with E-state index < -0.39 is 17.7 Å². The first-order valence-corrected chi connectivity index (χ1v) is 9.82. The largest absolute Gasteiger partial charge is 0.456 e. The smallest absolute Gasteiger partial charge is 0.315 e. The van der Waals surface area contributed by atoms with E-state index in [4.69, 9.17) is 15.2 Å². The van der Waals surface area contributed by atoms with Crippen LogP contribution in [0.1, 0.15) is 21.5 Å². The quantitative estimate of drug-likeness (QED) is 0.353. The SMILES string of the molecule is Cc1cc2nccc(Oc3ccc(CC(=O)Oc4ccccc4)c(F)c3)c2cc1C(N)=O. The first-order chi connectivity index (χ1) is 15.4. The zero-order chi connectivity index (χ0) is 22.7. The second kappa shape index (κ2) is 8.85. The third kappa shape index (κ3) is 4.57. The van der Waals surface area contributed by atoms with Crippen molar-refractivity contribution in [1.82, 2.24) is 4.98 Å². The predicted molar refractivity (Wildman–Crippen MR) is 117 cm³/mol. The van der Waals surface area contributed by atoms with Crippen molar-refractivity contribution in [2.75, 3.05) is 0 Å². The lowest BCUT2D eigenvalue weighted by Gasteiger charge is -2.12. The summed E-state index contributed by atoms with van der Waals surface area (Å²) in [6.45, 7) is 1.77. The Morgan fingerprint density at radius 2 is 1.78 bits per heavy atom. The van der Waals surface area contributed by atoms with E-state index in [1.54, 1.807) is 67.7 Å². The fourth-order valence-electron chi connectivity index (χ4n) is 3.30. The highest BCUT2D eigenvalue weighted by atomic mass is 19.1. The molecule has 1 amide bonds. The van der Waals surface area contributed by atoms with Crippen molar-refractivity contribution in [2.45, 2.75) is 13.3 Å². The molecule has 1 aromatic heterocycles. The number of aryl methyl sites for hydroxylation is 1. The number of carbonyl (C=O) groups excluding carboxylic acids is 2. The summed E-state index contributed by atoms with van der Waals surface area (Å²) in [7, 11) is 0. The molecule has 0 aliphatic carbocycles. The number of rotatable bonds is 6. The van der Waals surface area contributed by atoms with Crippen molar-refractivity contribution in [3.8, 4) is 17.2 Å². The van der Waals surface area contributed by atoms with Crippen LogP contribution in [0.25, 0.3) is 10.9 Å². The van der Waals surface area contributed by atoms with Gasteiger partial charge in [0.05, 0.1) is 11.9 Å². The van der Waals surface area contributed by atoms with Gasteiger partial charge in [-0.15, -0.1) is 0 Å². The van der Waals surface area contributed by atoms with Gasteiger partial charge in [-0.1, -0.05) is 24.3 Å². The molecule has 0 saturated heterocycles. The number of benzene rings is 3. The van der Waals surface area contributed by atoms with Crippen molar-refractivity contribution >= 4 is 22.8 Å². The van der Waals surface area contributed by atoms with Crippen molar-refractivity contribution in [2.24, 2.45) is 5.73 Å². The Bertz CT molecular complexity index is 1320. The van der Waals surface area contributed by atoms with Gasteiger partial charge in [0.25, 0.3) is 0 Å². The number of ether oxygens (including phenoxy) is 2. The molecular weight excluding hydrogens is 411 g/mol. The number of nitrogens with two attached hydrogens (primary N) is 1. The van der Waals surface area contributed by atoms with Crippen molar-refractivity contribution in [1.29, 1.82) is 0 Å². The molecule has 0 bridgehead atoms. The maximum absolute atomic E-state index is 14.6. The summed E-state index contributed by atoms with van der Waals surface area (Å²) >= 11 is 0. The van der Waals surface area contributed by atoms with Gasteiger partial charge in [0.2, 0.25) is 5.91 Å². The number of para-hydroxylation sites is 1. The van der Waals surface area contributed by atoms with E-state index in [-0.39, 0.29) is 17.7 Å². The van der Waals surface area contributed by atoms with E-state index in [0.717, 1.165) is 0 Å². The molecule has 2 N–H and O–H groups in total. The van der Waals surface area contributed by atoms with Crippen LogP contribution in [0, 0.1) is 12.7 Å². The summed E-state index contributed by atoms with van der Waals surface area (Å²) in [5, 5.41) is 0.572. The van der Waals surface area contributed by atoms with Gasteiger partial charge in [-0.2, -0.15) is 0 Å². The lowest BCUT2D eigenvalue weighted by molar-refractivity contribution is -0.133. The number of halogens is 1. The number of amides is 1. The van der Waals surface area contributed by atoms with Crippen LogP contribution in [0.2, 0.25) is 0 Å². The van der Waals surface area contributed by atoms with Crippen LogP contribution in [0.3, 0.4) is 0 Å². The van der Waals surface area contributed by atoms with Crippen LogP contribution in [-0.2, 0) is 11.2 Å². The van der Waals surface area contributed by atoms with Crippen LogP contribution >= 0.6 is 0 Å². The van der Waals surface area contributed by atoms with Gasteiger partial charge in [0.15, 0.2) is 0 Å². The molecule has 0 aliphatic rings. The highest BCUT2D eigenvalue weighted by molar-refractivity contribution is 5.99. The van der Waals surface area contributed by atoms with E-state index in [1.807, 2.05) is 0 Å². The fourth-order valence-corrected chi connectivity index (χ4v) is 3.30. The fraction of sp³-hybridized carbons (Fsp3) is 0.0800. The Kier molecular flexibility index (Phi) is 5.81. The molecule has 4 rings (SSSR count). The lowest BCUT2D eigenvalue weighted by atomic mass is 10.0. The Morgan fingerprint density at radius 1 is 1.00 bits per heavy atom. The number of hydrogen-bond acceptors (Lipinski definition) is 5. The highest BCUT2D eigenvalue weighted by Gasteiger charge is 2.14. The van der Waals surface area contributed by atoms with E-state index in [9.17, 15) is 14.0 Å². The van der Waals surface area contributed by atoms with Crippen LogP contribution in [0.15, 0.2) is 72.9 Å². The molecule has 1 heterocycles. The van der Waals surface area contributed by atoms with Crippen LogP contribution < -0.4 is 15.2 Å². The molecule has 0 unspecified atom stereocenters. The molecule has 6 nitrogen and oxygen atoms in total. The number of nitrogens with zero attached hydrogens (tertiary/aromatic N) is 1. The number of pyridine rings is 1. The minimum atomic E-state index is -0.598. The van der Waals surface area contributed by atoms with Gasteiger partial charge in [-0.05, 0) is 54.4 Å². The van der Waals surface area contributed by atoms with Gasteiger partial charge in [-0.3, -0.25) is 14.6 Å². The normalized spacial score (nSPS) is 10.7. The number of primary amides is 1. The zero-order valence-electron chi connectivity index (χ0n) is 17.2. The highest BCUT2D eigenvalue weighted by Crippen LogP contribution is 2.31. The van der Waals surface area contributed by atoms with Crippen molar-refractivity contribution in [3.05, 3.63) is 95.4 Å². The second-order valence-electron chi connectivity index (χ2n) is 7.18. The van der Waals surface area contributed by atoms with Gasteiger partial charge in [-0.25, -0.2) is 4.39 Å². The maximum atomic E-state index is 14.6. The van der Waals surface area contributed by atoms with Crippen LogP contribution in [0.5, 0.6) is 17.2 Å². The van der Waals surface area contributed by atoms with E-state index in [0.29, 0.717) is 33.5 Å². The Morgan fingerprint density at radius 3 is 2.50 bits per heavy atom. The third-order valence-corrected chi connectivity index (χ3v) is 4.88. The second-order valence-corrected chi connectivity index (χ2v) is 7.18. The first-order valence-electron chi connectivity index (χ1n) is 9.82. The molecule has 7 heteroatoms. The predicted octanol–water partition coefficient (Wildman–Crippen LogP) is 4.72. The molecule has 0 saturated carbocycles. The summed E-state index contributed by atoms with van der Waals surface area (Å²) < 4.78 is 25.7. The number of carbonyl (C=O) groups is 2. The minimum Gasteiger partial charge on any atom is -0.456 e. The summed E-state index contributed by atoms with van der Waals surface area (Å²) in [6, 6.07) is 17.8. The van der Waals surface area contributed by atoms with E-state index in [2.05, 4.69) is 4.98 Å². The monoisotopic (exact) mass is 430 g/mol. The van der Waals surface area contributed by atoms with Crippen molar-refractivity contribution in [3.63, 3.8) is 0 Å². The number of esters is 1. The summed E-state index contributed by atoms with van der Waals surface area (Å²) in [5.41, 5.74) is 7.30. The standard InChI is InChI=1S/C25H19FN2O4/c1-15-11-22-20(14-19(15)25(27)30)23(9-10-28-22)31-18-8-7-16(21(26)13-18)12-24(29)32-17-5-3-2-4-6-17/h2-11,13-14H,12H2,1H3,(H2,27,30). The zero-order valence-corrected chi connectivity index (χ0v) is 17.2. The minimum absolute atomic E-state index is 0.185. The first kappa shape index (κ1) is 21.0. The molecule has 32 heavy (non-hydrogen) atoms. The third-order valence-electron chi connectivity index (χ3n) is 4.88. The van der Waals surface area contributed by atoms with Crippen molar-refractivity contribution < 1.29 is 23.5 Å². The lowest BCUT2D eigenvalue weighted by Crippen LogP contribution is -2.12. The molecule has 0 atom stereocenters. The van der Waals surface area contributed by atoms with Gasteiger partial charge in [0.1, 0.15) is 23.1 Å². The molecule has 3 aromatic carbocycles. The maximum Gasteiger partial charge on any atom is 0.315 e. The van der Waals surface area contributed by atoms with E-state index in [1.165, 1.54) is 12.1 Å². The number of aromatic nitrogens is 1. The topological polar surface area (TPSA) is 91.5 Å². The Labute approximate surface area is 183 Å². The number of hydrogen-bond donors (Lipinski definition) is 1.